The fourth-order valence-electron chi connectivity index (χ4n) is 3.08. The van der Waals surface area contributed by atoms with Gasteiger partial charge in [0.2, 0.25) is 0 Å². The fourth-order valence-corrected chi connectivity index (χ4v) is 3.08. The van der Waals surface area contributed by atoms with E-state index in [0.29, 0.717) is 25.9 Å². The van der Waals surface area contributed by atoms with E-state index >= 15 is 0 Å². The summed E-state index contributed by atoms with van der Waals surface area (Å²) in [5.74, 6) is 0.116. The van der Waals surface area contributed by atoms with E-state index in [4.69, 9.17) is 0 Å². The third-order valence-corrected chi connectivity index (χ3v) is 4.47. The van der Waals surface area contributed by atoms with Crippen molar-refractivity contribution in [1.82, 2.24) is 4.90 Å². The Bertz CT molecular complexity index is 497. The van der Waals surface area contributed by atoms with Gasteiger partial charge in [0, 0.05) is 18.7 Å². The topological polar surface area (TPSA) is 40.5 Å². The standard InChI is InChI=1S/C16H21NO2/c1-16(19)7-9-17(10-8-16)15(18)14-6-5-12-3-2-4-13(12)11-14/h5-6,11,19H,2-4,7-10H2,1H3. The summed E-state index contributed by atoms with van der Waals surface area (Å²) < 4.78 is 0. The highest BCUT2D eigenvalue weighted by Crippen LogP contribution is 2.25. The molecule has 1 N–H and O–H groups in total. The van der Waals surface area contributed by atoms with Gasteiger partial charge in [0.15, 0.2) is 0 Å². The number of amides is 1. The SMILES string of the molecule is CC1(O)CCN(C(=O)c2ccc3c(c2)CCC3)CC1. The van der Waals surface area contributed by atoms with Gasteiger partial charge in [-0.05, 0) is 62.3 Å². The average Bonchev–Trinajstić information content (AvgIpc) is 2.85. The van der Waals surface area contributed by atoms with Crippen molar-refractivity contribution in [3.05, 3.63) is 34.9 Å². The molecule has 0 atom stereocenters. The van der Waals surface area contributed by atoms with Gasteiger partial charge in [-0.3, -0.25) is 4.79 Å². The number of hydrogen-bond acceptors (Lipinski definition) is 2. The van der Waals surface area contributed by atoms with Crippen LogP contribution in [0.15, 0.2) is 18.2 Å². The summed E-state index contributed by atoms with van der Waals surface area (Å²) in [6.45, 7) is 3.16. The number of rotatable bonds is 1. The van der Waals surface area contributed by atoms with Gasteiger partial charge in [0.1, 0.15) is 0 Å². The van der Waals surface area contributed by atoms with Crippen LogP contribution >= 0.6 is 0 Å². The smallest absolute Gasteiger partial charge is 0.253 e. The Kier molecular flexibility index (Phi) is 3.09. The molecular weight excluding hydrogens is 238 g/mol. The maximum atomic E-state index is 12.5. The van der Waals surface area contributed by atoms with Crippen LogP contribution in [0.25, 0.3) is 0 Å². The van der Waals surface area contributed by atoms with Crippen LogP contribution < -0.4 is 0 Å². The number of likely N-dealkylation sites (tertiary alicyclic amines) is 1. The summed E-state index contributed by atoms with van der Waals surface area (Å²) in [6, 6.07) is 6.13. The minimum Gasteiger partial charge on any atom is -0.390 e. The quantitative estimate of drug-likeness (QED) is 0.839. The third-order valence-electron chi connectivity index (χ3n) is 4.47. The summed E-state index contributed by atoms with van der Waals surface area (Å²) in [5.41, 5.74) is 2.95. The van der Waals surface area contributed by atoms with Gasteiger partial charge in [0.05, 0.1) is 5.60 Å². The van der Waals surface area contributed by atoms with E-state index in [1.54, 1.807) is 0 Å². The van der Waals surface area contributed by atoms with Gasteiger partial charge < -0.3 is 10.0 Å². The van der Waals surface area contributed by atoms with Crippen molar-refractivity contribution in [3.63, 3.8) is 0 Å². The Morgan fingerprint density at radius 3 is 2.63 bits per heavy atom. The van der Waals surface area contributed by atoms with Crippen LogP contribution in [0.5, 0.6) is 0 Å². The van der Waals surface area contributed by atoms with Crippen molar-refractivity contribution in [1.29, 1.82) is 0 Å². The molecule has 0 bridgehead atoms. The van der Waals surface area contributed by atoms with E-state index in [2.05, 4.69) is 12.1 Å². The van der Waals surface area contributed by atoms with E-state index < -0.39 is 5.60 Å². The first-order valence-electron chi connectivity index (χ1n) is 7.19. The lowest BCUT2D eigenvalue weighted by Gasteiger charge is -2.35. The lowest BCUT2D eigenvalue weighted by Crippen LogP contribution is -2.45. The summed E-state index contributed by atoms with van der Waals surface area (Å²) in [6.07, 6.45) is 4.80. The number of piperidine rings is 1. The molecule has 1 amide bonds. The molecular formula is C16H21NO2. The fraction of sp³-hybridized carbons (Fsp3) is 0.562. The lowest BCUT2D eigenvalue weighted by molar-refractivity contribution is -0.00202. The molecule has 2 aliphatic rings. The maximum Gasteiger partial charge on any atom is 0.253 e. The van der Waals surface area contributed by atoms with Crippen LogP contribution in [-0.2, 0) is 12.8 Å². The molecule has 0 unspecified atom stereocenters. The third kappa shape index (κ3) is 2.52. The van der Waals surface area contributed by atoms with E-state index in [1.807, 2.05) is 17.9 Å². The first-order chi connectivity index (χ1) is 9.05. The molecule has 0 saturated carbocycles. The van der Waals surface area contributed by atoms with Crippen molar-refractivity contribution in [2.45, 2.75) is 44.6 Å². The number of hydrogen-bond donors (Lipinski definition) is 1. The molecule has 1 aromatic carbocycles. The van der Waals surface area contributed by atoms with E-state index in [9.17, 15) is 9.90 Å². The van der Waals surface area contributed by atoms with Crippen molar-refractivity contribution in [3.8, 4) is 0 Å². The molecule has 3 nitrogen and oxygen atoms in total. The molecule has 19 heavy (non-hydrogen) atoms. The maximum absolute atomic E-state index is 12.5. The number of carbonyl (C=O) groups is 1. The zero-order valence-corrected chi connectivity index (χ0v) is 11.5. The largest absolute Gasteiger partial charge is 0.390 e. The summed E-state index contributed by atoms with van der Waals surface area (Å²) in [4.78, 5) is 14.3. The predicted molar refractivity (Wildman–Crippen MR) is 74.2 cm³/mol. The number of benzene rings is 1. The number of nitrogens with zero attached hydrogens (tertiary/aromatic N) is 1. The lowest BCUT2D eigenvalue weighted by atomic mass is 9.93. The van der Waals surface area contributed by atoms with Gasteiger partial charge in [-0.1, -0.05) is 6.07 Å². The van der Waals surface area contributed by atoms with Crippen molar-refractivity contribution in [2.75, 3.05) is 13.1 Å². The van der Waals surface area contributed by atoms with E-state index in [0.717, 1.165) is 18.4 Å². The second kappa shape index (κ2) is 4.64. The van der Waals surface area contributed by atoms with Crippen LogP contribution in [0, 0.1) is 0 Å². The van der Waals surface area contributed by atoms with Crippen molar-refractivity contribution >= 4 is 5.91 Å². The van der Waals surface area contributed by atoms with E-state index in [-0.39, 0.29) is 5.91 Å². The monoisotopic (exact) mass is 259 g/mol. The minimum atomic E-state index is -0.602. The van der Waals surface area contributed by atoms with Crippen LogP contribution in [0.4, 0.5) is 0 Å². The Hall–Kier alpha value is -1.35. The molecule has 1 heterocycles. The molecule has 102 valence electrons. The number of aliphatic hydroxyl groups is 1. The summed E-state index contributed by atoms with van der Waals surface area (Å²) >= 11 is 0. The number of aryl methyl sites for hydroxylation is 2. The molecule has 1 saturated heterocycles. The zero-order valence-electron chi connectivity index (χ0n) is 11.5. The second-order valence-corrected chi connectivity index (χ2v) is 6.13. The van der Waals surface area contributed by atoms with Gasteiger partial charge in [-0.2, -0.15) is 0 Å². The van der Waals surface area contributed by atoms with Gasteiger partial charge in [0.25, 0.3) is 5.91 Å². The molecule has 3 rings (SSSR count). The van der Waals surface area contributed by atoms with Gasteiger partial charge in [-0.25, -0.2) is 0 Å². The number of fused-ring (bicyclic) bond motifs is 1. The molecule has 1 fully saturated rings. The second-order valence-electron chi connectivity index (χ2n) is 6.13. The van der Waals surface area contributed by atoms with Crippen LogP contribution in [0.2, 0.25) is 0 Å². The highest BCUT2D eigenvalue weighted by atomic mass is 16.3. The van der Waals surface area contributed by atoms with Crippen molar-refractivity contribution < 1.29 is 9.90 Å². The Balaban J connectivity index is 1.74. The molecule has 1 aliphatic heterocycles. The summed E-state index contributed by atoms with van der Waals surface area (Å²) in [7, 11) is 0. The average molecular weight is 259 g/mol. The first-order valence-corrected chi connectivity index (χ1v) is 7.19. The normalized spacial score (nSPS) is 21.3. The van der Waals surface area contributed by atoms with E-state index in [1.165, 1.54) is 17.5 Å². The Labute approximate surface area is 114 Å². The first kappa shape index (κ1) is 12.7. The van der Waals surface area contributed by atoms with Crippen LogP contribution in [0.3, 0.4) is 0 Å². The molecule has 0 aromatic heterocycles. The predicted octanol–water partition coefficient (Wildman–Crippen LogP) is 2.16. The van der Waals surface area contributed by atoms with Crippen LogP contribution in [-0.4, -0.2) is 34.6 Å². The molecule has 1 aromatic rings. The van der Waals surface area contributed by atoms with Crippen LogP contribution in [0.1, 0.15) is 47.7 Å². The summed E-state index contributed by atoms with van der Waals surface area (Å²) in [5, 5.41) is 9.93. The van der Waals surface area contributed by atoms with Gasteiger partial charge in [-0.15, -0.1) is 0 Å². The van der Waals surface area contributed by atoms with Crippen molar-refractivity contribution in [2.24, 2.45) is 0 Å². The molecule has 1 aliphatic carbocycles. The molecule has 3 heteroatoms. The highest BCUT2D eigenvalue weighted by Gasteiger charge is 2.30. The van der Waals surface area contributed by atoms with Gasteiger partial charge >= 0.3 is 0 Å². The minimum absolute atomic E-state index is 0.116. The Morgan fingerprint density at radius 1 is 1.21 bits per heavy atom. The Morgan fingerprint density at radius 2 is 1.89 bits per heavy atom. The molecule has 0 radical (unpaired) electrons. The molecule has 0 spiro atoms. The number of carbonyl (C=O) groups excluding carboxylic acids is 1. The zero-order chi connectivity index (χ0) is 13.5. The highest BCUT2D eigenvalue weighted by molar-refractivity contribution is 5.94.